The number of aromatic hydroxyl groups is 1. The summed E-state index contributed by atoms with van der Waals surface area (Å²) in [5.74, 6) is 0.451. The zero-order valence-corrected chi connectivity index (χ0v) is 18.0. The molecule has 31 heavy (non-hydrogen) atoms. The average molecular weight is 424 g/mol. The van der Waals surface area contributed by atoms with Gasteiger partial charge in [-0.15, -0.1) is 0 Å². The fourth-order valence-electron chi connectivity index (χ4n) is 5.58. The predicted molar refractivity (Wildman–Crippen MR) is 115 cm³/mol. The molecule has 2 aromatic carbocycles. The largest absolute Gasteiger partial charge is 0.504 e. The molecule has 0 radical (unpaired) electrons. The number of rotatable bonds is 3. The Kier molecular flexibility index (Phi) is 4.94. The highest BCUT2D eigenvalue weighted by Crippen LogP contribution is 2.54. The first-order valence-corrected chi connectivity index (χ1v) is 11.0. The van der Waals surface area contributed by atoms with Crippen LogP contribution < -0.4 is 4.74 Å². The highest BCUT2D eigenvalue weighted by Gasteiger charge is 2.51. The number of hydrogen-bond acceptors (Lipinski definition) is 5. The van der Waals surface area contributed by atoms with E-state index < -0.39 is 11.6 Å². The zero-order chi connectivity index (χ0) is 21.8. The molecule has 0 aliphatic carbocycles. The first-order chi connectivity index (χ1) is 14.8. The predicted octanol–water partition coefficient (Wildman–Crippen LogP) is 4.23. The standard InChI is InChI=1S/C25H29NO5/c1-25(2)19-12-17-14-26(13-15-5-3-6-16(11-15)24(28)29)10-9-21(17)30-22(19)18-7-4-8-20(27)23(18)31-25/h3-8,11,17,19,21-22,27H,9-10,12-14H2,1-2H3,(H,28,29)/t17-,19+,21+,22-/m0/s1. The fraction of sp³-hybridized carbons (Fsp3) is 0.480. The van der Waals surface area contributed by atoms with E-state index >= 15 is 0 Å². The van der Waals surface area contributed by atoms with Crippen LogP contribution in [0.1, 0.15) is 54.3 Å². The number of hydrogen-bond donors (Lipinski definition) is 2. The monoisotopic (exact) mass is 423 g/mol. The van der Waals surface area contributed by atoms with Gasteiger partial charge in [0.1, 0.15) is 5.60 Å². The molecule has 6 heteroatoms. The number of aromatic carboxylic acids is 1. The molecular weight excluding hydrogens is 394 g/mol. The molecule has 2 saturated heterocycles. The van der Waals surface area contributed by atoms with E-state index in [9.17, 15) is 15.0 Å². The molecule has 3 heterocycles. The van der Waals surface area contributed by atoms with E-state index in [1.54, 1.807) is 18.2 Å². The van der Waals surface area contributed by atoms with Crippen LogP contribution in [0, 0.1) is 11.8 Å². The van der Waals surface area contributed by atoms with E-state index in [0.29, 0.717) is 17.2 Å². The van der Waals surface area contributed by atoms with Gasteiger partial charge in [-0.2, -0.15) is 0 Å². The minimum absolute atomic E-state index is 0.0640. The summed E-state index contributed by atoms with van der Waals surface area (Å²) in [5.41, 5.74) is 1.88. The van der Waals surface area contributed by atoms with Crippen LogP contribution >= 0.6 is 0 Å². The lowest BCUT2D eigenvalue weighted by Crippen LogP contribution is -2.55. The normalized spacial score (nSPS) is 29.2. The summed E-state index contributed by atoms with van der Waals surface area (Å²) in [4.78, 5) is 13.7. The molecule has 0 amide bonds. The molecule has 6 nitrogen and oxygen atoms in total. The number of benzene rings is 2. The van der Waals surface area contributed by atoms with Crippen LogP contribution in [-0.2, 0) is 11.3 Å². The number of carboxylic acids is 1. The second kappa shape index (κ2) is 7.53. The van der Waals surface area contributed by atoms with Crippen LogP contribution in [0.15, 0.2) is 42.5 Å². The third kappa shape index (κ3) is 3.68. The first-order valence-electron chi connectivity index (χ1n) is 11.0. The second-order valence-electron chi connectivity index (χ2n) is 9.63. The Morgan fingerprint density at radius 3 is 2.84 bits per heavy atom. The van der Waals surface area contributed by atoms with Crippen molar-refractivity contribution in [2.75, 3.05) is 13.1 Å². The number of piperidine rings is 1. The van der Waals surface area contributed by atoms with Crippen molar-refractivity contribution in [2.45, 2.75) is 51.0 Å². The topological polar surface area (TPSA) is 79.2 Å². The van der Waals surface area contributed by atoms with Gasteiger partial charge in [0, 0.05) is 31.1 Å². The molecule has 0 saturated carbocycles. The highest BCUT2D eigenvalue weighted by molar-refractivity contribution is 5.87. The maximum atomic E-state index is 11.3. The van der Waals surface area contributed by atoms with Gasteiger partial charge in [-0.1, -0.05) is 24.3 Å². The van der Waals surface area contributed by atoms with Gasteiger partial charge >= 0.3 is 5.97 Å². The van der Waals surface area contributed by atoms with Crippen LogP contribution in [0.3, 0.4) is 0 Å². The molecule has 164 valence electrons. The number of carboxylic acid groups (broad SMARTS) is 1. The van der Waals surface area contributed by atoms with Crippen LogP contribution in [0.2, 0.25) is 0 Å². The Bertz CT molecular complexity index is 1000. The van der Waals surface area contributed by atoms with E-state index in [-0.39, 0.29) is 23.9 Å². The van der Waals surface area contributed by atoms with Gasteiger partial charge in [0.15, 0.2) is 11.5 Å². The molecule has 2 N–H and O–H groups in total. The number of para-hydroxylation sites is 1. The van der Waals surface area contributed by atoms with Crippen LogP contribution in [0.25, 0.3) is 0 Å². The average Bonchev–Trinajstić information content (AvgIpc) is 2.74. The molecule has 2 fully saturated rings. The Morgan fingerprint density at radius 1 is 1.23 bits per heavy atom. The van der Waals surface area contributed by atoms with Crippen molar-refractivity contribution in [2.24, 2.45) is 11.8 Å². The lowest BCUT2D eigenvalue weighted by Gasteiger charge is -2.53. The molecule has 0 spiro atoms. The molecule has 0 bridgehead atoms. The molecule has 3 aliphatic rings. The van der Waals surface area contributed by atoms with Crippen molar-refractivity contribution in [3.63, 3.8) is 0 Å². The van der Waals surface area contributed by atoms with Gasteiger partial charge in [-0.05, 0) is 56.4 Å². The minimum Gasteiger partial charge on any atom is -0.504 e. The van der Waals surface area contributed by atoms with Crippen LogP contribution in [0.4, 0.5) is 0 Å². The van der Waals surface area contributed by atoms with E-state index in [2.05, 4.69) is 18.7 Å². The number of phenolic OH excluding ortho intramolecular Hbond substituents is 1. The lowest BCUT2D eigenvalue weighted by atomic mass is 9.70. The number of likely N-dealkylation sites (tertiary alicyclic amines) is 1. The molecule has 0 aromatic heterocycles. The summed E-state index contributed by atoms with van der Waals surface area (Å²) < 4.78 is 12.9. The van der Waals surface area contributed by atoms with Crippen molar-refractivity contribution in [3.8, 4) is 11.5 Å². The van der Waals surface area contributed by atoms with Gasteiger partial charge < -0.3 is 19.7 Å². The second-order valence-corrected chi connectivity index (χ2v) is 9.63. The van der Waals surface area contributed by atoms with Gasteiger partial charge in [-0.3, -0.25) is 4.90 Å². The molecule has 5 rings (SSSR count). The van der Waals surface area contributed by atoms with Crippen molar-refractivity contribution >= 4 is 5.97 Å². The van der Waals surface area contributed by atoms with E-state index in [1.165, 1.54) is 0 Å². The van der Waals surface area contributed by atoms with Gasteiger partial charge in [-0.25, -0.2) is 4.79 Å². The molecule has 4 atom stereocenters. The highest BCUT2D eigenvalue weighted by atomic mass is 16.5. The van der Waals surface area contributed by atoms with Gasteiger partial charge in [0.25, 0.3) is 0 Å². The Hall–Kier alpha value is -2.57. The number of ether oxygens (including phenoxy) is 2. The number of fused-ring (bicyclic) bond motifs is 4. The van der Waals surface area contributed by atoms with E-state index in [4.69, 9.17) is 9.47 Å². The maximum absolute atomic E-state index is 11.3. The minimum atomic E-state index is -0.891. The van der Waals surface area contributed by atoms with Crippen LogP contribution in [0.5, 0.6) is 11.5 Å². The SMILES string of the molecule is CC1(C)Oc2c(O)cccc2[C@@H]2O[C@@H]3CCN(Cc4cccc(C(=O)O)c4)C[C@@H]3C[C@H]21. The Labute approximate surface area is 182 Å². The van der Waals surface area contributed by atoms with Crippen molar-refractivity contribution < 1.29 is 24.5 Å². The van der Waals surface area contributed by atoms with Gasteiger partial charge in [0.05, 0.1) is 17.8 Å². The van der Waals surface area contributed by atoms with Gasteiger partial charge in [0.2, 0.25) is 0 Å². The Morgan fingerprint density at radius 2 is 2.03 bits per heavy atom. The summed E-state index contributed by atoms with van der Waals surface area (Å²) in [6, 6.07) is 12.7. The quantitative estimate of drug-likeness (QED) is 0.769. The number of carbonyl (C=O) groups is 1. The fourth-order valence-corrected chi connectivity index (χ4v) is 5.58. The molecule has 0 unspecified atom stereocenters. The summed E-state index contributed by atoms with van der Waals surface area (Å²) in [6.07, 6.45) is 2.07. The third-order valence-corrected chi connectivity index (χ3v) is 7.16. The number of phenols is 1. The van der Waals surface area contributed by atoms with E-state index in [1.807, 2.05) is 24.3 Å². The number of nitrogens with zero attached hydrogens (tertiary/aromatic N) is 1. The smallest absolute Gasteiger partial charge is 0.335 e. The third-order valence-electron chi connectivity index (χ3n) is 7.16. The van der Waals surface area contributed by atoms with E-state index in [0.717, 1.165) is 43.6 Å². The maximum Gasteiger partial charge on any atom is 0.335 e. The summed E-state index contributed by atoms with van der Waals surface area (Å²) in [6.45, 7) is 6.76. The van der Waals surface area contributed by atoms with Crippen molar-refractivity contribution in [1.82, 2.24) is 4.90 Å². The summed E-state index contributed by atoms with van der Waals surface area (Å²) >= 11 is 0. The lowest BCUT2D eigenvalue weighted by molar-refractivity contribution is -0.188. The molecular formula is C25H29NO5. The summed E-state index contributed by atoms with van der Waals surface area (Å²) in [5, 5.41) is 19.6. The van der Waals surface area contributed by atoms with Crippen molar-refractivity contribution in [1.29, 1.82) is 0 Å². The zero-order valence-electron chi connectivity index (χ0n) is 18.0. The first kappa shape index (κ1) is 20.3. The van der Waals surface area contributed by atoms with Crippen molar-refractivity contribution in [3.05, 3.63) is 59.2 Å². The molecule has 2 aromatic rings. The van der Waals surface area contributed by atoms with Crippen LogP contribution in [-0.4, -0.2) is 45.9 Å². The molecule has 3 aliphatic heterocycles. The Balaban J connectivity index is 1.33. The summed E-state index contributed by atoms with van der Waals surface area (Å²) in [7, 11) is 0.